The molecule has 2 heterocycles. The molecule has 0 bridgehead atoms. The van der Waals surface area contributed by atoms with E-state index in [1.165, 1.54) is 11.1 Å². The third kappa shape index (κ3) is 2.09. The summed E-state index contributed by atoms with van der Waals surface area (Å²) in [6.45, 7) is 2.99. The van der Waals surface area contributed by atoms with Gasteiger partial charge in [-0.05, 0) is 49.4 Å². The van der Waals surface area contributed by atoms with Crippen LogP contribution in [0.4, 0.5) is 0 Å². The zero-order valence-electron chi connectivity index (χ0n) is 12.6. The number of aryl methyl sites for hydroxylation is 3. The molecule has 0 atom stereocenters. The molecule has 0 radical (unpaired) electrons. The molecule has 116 valence electrons. The van der Waals surface area contributed by atoms with Crippen molar-refractivity contribution < 1.29 is 8.42 Å². The van der Waals surface area contributed by atoms with Crippen molar-refractivity contribution in [3.05, 3.63) is 47.5 Å². The Bertz CT molecular complexity index is 820. The minimum atomic E-state index is -3.36. The van der Waals surface area contributed by atoms with Gasteiger partial charge in [0.1, 0.15) is 5.82 Å². The van der Waals surface area contributed by atoms with Crippen molar-refractivity contribution in [3.8, 4) is 0 Å². The molecule has 0 spiro atoms. The third-order valence-corrected chi connectivity index (χ3v) is 6.62. The van der Waals surface area contributed by atoms with Gasteiger partial charge in [0.15, 0.2) is 0 Å². The van der Waals surface area contributed by atoms with E-state index in [2.05, 4.69) is 9.55 Å². The Morgan fingerprint density at radius 1 is 1.18 bits per heavy atom. The van der Waals surface area contributed by atoms with E-state index >= 15 is 0 Å². The van der Waals surface area contributed by atoms with Gasteiger partial charge in [0.05, 0.1) is 10.9 Å². The molecule has 2 aromatic rings. The summed E-state index contributed by atoms with van der Waals surface area (Å²) in [5.74, 6) is 0.930. The van der Waals surface area contributed by atoms with Gasteiger partial charge in [-0.25, -0.2) is 13.4 Å². The lowest BCUT2D eigenvalue weighted by molar-refractivity contribution is 0.202. The second-order valence-corrected chi connectivity index (χ2v) is 8.08. The summed E-state index contributed by atoms with van der Waals surface area (Å²) in [5, 5.41) is 0. The van der Waals surface area contributed by atoms with Crippen LogP contribution in [0.1, 0.15) is 29.4 Å². The van der Waals surface area contributed by atoms with Gasteiger partial charge in [0, 0.05) is 25.5 Å². The maximum absolute atomic E-state index is 12.7. The largest absolute Gasteiger partial charge is 0.329 e. The molecule has 1 saturated heterocycles. The summed E-state index contributed by atoms with van der Waals surface area (Å²) >= 11 is 0. The smallest absolute Gasteiger partial charge is 0.243 e. The van der Waals surface area contributed by atoms with Crippen molar-refractivity contribution in [3.63, 3.8) is 0 Å². The molecular weight excluding hydrogens is 298 g/mol. The quantitative estimate of drug-likeness (QED) is 0.869. The summed E-state index contributed by atoms with van der Waals surface area (Å²) in [6.07, 6.45) is 6.87. The lowest BCUT2D eigenvalue weighted by Gasteiger charge is -2.39. The Hall–Kier alpha value is -1.66. The fraction of sp³-hybridized carbons (Fsp3) is 0.438. The van der Waals surface area contributed by atoms with E-state index < -0.39 is 10.0 Å². The third-order valence-electron chi connectivity index (χ3n) is 4.79. The molecule has 2 aliphatic rings. The minimum absolute atomic E-state index is 0.201. The highest BCUT2D eigenvalue weighted by Crippen LogP contribution is 2.31. The molecule has 1 fully saturated rings. The van der Waals surface area contributed by atoms with Gasteiger partial charge < -0.3 is 4.57 Å². The van der Waals surface area contributed by atoms with E-state index in [1.54, 1.807) is 16.6 Å². The standard InChI is InChI=1S/C16H19N3O2S/c1-12-17-7-8-19(12)15-10-18(11-15)22(20,21)16-6-5-13-3-2-4-14(13)9-16/h5-9,15H,2-4,10-11H2,1H3. The number of imidazole rings is 1. The molecule has 0 amide bonds. The van der Waals surface area contributed by atoms with E-state index in [9.17, 15) is 8.42 Å². The first kappa shape index (κ1) is 14.0. The van der Waals surface area contributed by atoms with Crippen molar-refractivity contribution in [2.75, 3.05) is 13.1 Å². The lowest BCUT2D eigenvalue weighted by Crippen LogP contribution is -2.50. The Morgan fingerprint density at radius 3 is 2.68 bits per heavy atom. The first-order valence-electron chi connectivity index (χ1n) is 7.67. The normalized spacial score (nSPS) is 19.1. The van der Waals surface area contributed by atoms with Crippen LogP contribution in [0.15, 0.2) is 35.5 Å². The fourth-order valence-electron chi connectivity index (χ4n) is 3.42. The minimum Gasteiger partial charge on any atom is -0.329 e. The molecule has 1 aliphatic carbocycles. The molecule has 22 heavy (non-hydrogen) atoms. The van der Waals surface area contributed by atoms with Crippen LogP contribution in [0.3, 0.4) is 0 Å². The van der Waals surface area contributed by atoms with Crippen LogP contribution in [0.5, 0.6) is 0 Å². The number of hydrogen-bond donors (Lipinski definition) is 0. The SMILES string of the molecule is Cc1nccn1C1CN(S(=O)(=O)c2ccc3c(c2)CCC3)C1. The van der Waals surface area contributed by atoms with E-state index in [0.717, 1.165) is 25.1 Å². The molecule has 4 rings (SSSR count). The Balaban J connectivity index is 1.55. The number of rotatable bonds is 3. The van der Waals surface area contributed by atoms with Crippen LogP contribution >= 0.6 is 0 Å². The average molecular weight is 317 g/mol. The van der Waals surface area contributed by atoms with Crippen molar-refractivity contribution in [2.24, 2.45) is 0 Å². The van der Waals surface area contributed by atoms with Gasteiger partial charge in [-0.3, -0.25) is 0 Å². The monoisotopic (exact) mass is 317 g/mol. The van der Waals surface area contributed by atoms with Crippen molar-refractivity contribution in [2.45, 2.75) is 37.1 Å². The van der Waals surface area contributed by atoms with Gasteiger partial charge in [-0.15, -0.1) is 0 Å². The molecule has 1 aromatic heterocycles. The van der Waals surface area contributed by atoms with E-state index in [0.29, 0.717) is 18.0 Å². The van der Waals surface area contributed by atoms with Crippen LogP contribution < -0.4 is 0 Å². The molecule has 6 heteroatoms. The fourth-order valence-corrected chi connectivity index (χ4v) is 4.99. The van der Waals surface area contributed by atoms with Crippen LogP contribution in [-0.4, -0.2) is 35.4 Å². The second-order valence-electron chi connectivity index (χ2n) is 6.14. The van der Waals surface area contributed by atoms with Crippen molar-refractivity contribution in [1.29, 1.82) is 0 Å². The maximum atomic E-state index is 12.7. The van der Waals surface area contributed by atoms with Gasteiger partial charge in [0.25, 0.3) is 0 Å². The first-order valence-corrected chi connectivity index (χ1v) is 9.11. The number of benzene rings is 1. The predicted molar refractivity (Wildman–Crippen MR) is 83.2 cm³/mol. The molecule has 0 saturated carbocycles. The zero-order valence-corrected chi connectivity index (χ0v) is 13.4. The number of hydrogen-bond acceptors (Lipinski definition) is 3. The summed E-state index contributed by atoms with van der Waals surface area (Å²) in [4.78, 5) is 4.64. The highest BCUT2D eigenvalue weighted by molar-refractivity contribution is 7.89. The second kappa shape index (κ2) is 4.93. The Morgan fingerprint density at radius 2 is 1.95 bits per heavy atom. The van der Waals surface area contributed by atoms with Crippen LogP contribution in [0, 0.1) is 6.92 Å². The van der Waals surface area contributed by atoms with Gasteiger partial charge in [-0.1, -0.05) is 6.07 Å². The number of fused-ring (bicyclic) bond motifs is 1. The summed E-state index contributed by atoms with van der Waals surface area (Å²) < 4.78 is 29.0. The number of aromatic nitrogens is 2. The van der Waals surface area contributed by atoms with Crippen LogP contribution in [0.25, 0.3) is 0 Å². The van der Waals surface area contributed by atoms with Gasteiger partial charge in [0.2, 0.25) is 10.0 Å². The number of sulfonamides is 1. The Labute approximate surface area is 130 Å². The highest BCUT2D eigenvalue weighted by Gasteiger charge is 2.38. The number of nitrogens with zero attached hydrogens (tertiary/aromatic N) is 3. The van der Waals surface area contributed by atoms with Crippen molar-refractivity contribution in [1.82, 2.24) is 13.9 Å². The van der Waals surface area contributed by atoms with Crippen LogP contribution in [0.2, 0.25) is 0 Å². The predicted octanol–water partition coefficient (Wildman–Crippen LogP) is 1.93. The summed E-state index contributed by atoms with van der Waals surface area (Å²) in [5.41, 5.74) is 2.50. The zero-order chi connectivity index (χ0) is 15.3. The van der Waals surface area contributed by atoms with Crippen LogP contribution in [-0.2, 0) is 22.9 Å². The molecule has 1 aliphatic heterocycles. The van der Waals surface area contributed by atoms with Crippen molar-refractivity contribution >= 4 is 10.0 Å². The highest BCUT2D eigenvalue weighted by atomic mass is 32.2. The Kier molecular flexibility index (Phi) is 3.13. The molecule has 0 unspecified atom stereocenters. The van der Waals surface area contributed by atoms with E-state index in [4.69, 9.17) is 0 Å². The van der Waals surface area contributed by atoms with E-state index in [1.807, 2.05) is 25.3 Å². The molecule has 0 N–H and O–H groups in total. The molecule has 5 nitrogen and oxygen atoms in total. The molecular formula is C16H19N3O2S. The van der Waals surface area contributed by atoms with E-state index in [-0.39, 0.29) is 6.04 Å². The lowest BCUT2D eigenvalue weighted by atomic mass is 10.1. The summed E-state index contributed by atoms with van der Waals surface area (Å²) in [6, 6.07) is 5.81. The average Bonchev–Trinajstić information content (AvgIpc) is 3.05. The topological polar surface area (TPSA) is 55.2 Å². The summed E-state index contributed by atoms with van der Waals surface area (Å²) in [7, 11) is -3.36. The maximum Gasteiger partial charge on any atom is 0.243 e. The first-order chi connectivity index (χ1) is 10.6. The molecule has 1 aromatic carbocycles. The van der Waals surface area contributed by atoms with Gasteiger partial charge >= 0.3 is 0 Å². The van der Waals surface area contributed by atoms with Gasteiger partial charge in [-0.2, -0.15) is 4.31 Å².